The molecule has 0 aliphatic carbocycles. The minimum absolute atomic E-state index is 0.107. The largest absolute Gasteiger partial charge is 0.370 e. The quantitative estimate of drug-likeness (QED) is 0.550. The highest BCUT2D eigenvalue weighted by Crippen LogP contribution is 2.06. The van der Waals surface area contributed by atoms with Gasteiger partial charge in [-0.3, -0.25) is 10.1 Å². The average molecular weight is 153 g/mol. The lowest BCUT2D eigenvalue weighted by atomic mass is 10.1. The number of rotatable bonds is 3. The molecule has 3 N–H and O–H groups in total. The third-order valence-electron chi connectivity index (χ3n) is 1.49. The zero-order valence-electron chi connectivity index (χ0n) is 6.21. The second kappa shape index (κ2) is 3.18. The van der Waals surface area contributed by atoms with Crippen molar-refractivity contribution < 1.29 is 4.79 Å². The lowest BCUT2D eigenvalue weighted by molar-refractivity contribution is -0.120. The van der Waals surface area contributed by atoms with Gasteiger partial charge in [0.15, 0.2) is 5.96 Å². The summed E-state index contributed by atoms with van der Waals surface area (Å²) in [5.41, 5.74) is 5.28. The number of guanidine groups is 1. The number of nitrogens with two attached hydrogens (primary N) is 1. The van der Waals surface area contributed by atoms with Crippen LogP contribution in [0.2, 0.25) is 0 Å². The van der Waals surface area contributed by atoms with E-state index < -0.39 is 0 Å². The fourth-order valence-corrected chi connectivity index (χ4v) is 0.940. The van der Waals surface area contributed by atoms with E-state index in [0.29, 0.717) is 6.42 Å². The number of nitrogens with one attached hydrogen (secondary N) is 1. The molecule has 1 heterocycles. The molecule has 1 amide bonds. The summed E-state index contributed by atoms with van der Waals surface area (Å²) in [7, 11) is 0. The van der Waals surface area contributed by atoms with Crippen LogP contribution < -0.4 is 11.1 Å². The fourth-order valence-electron chi connectivity index (χ4n) is 0.940. The van der Waals surface area contributed by atoms with Crippen LogP contribution in [0.5, 0.6) is 0 Å². The summed E-state index contributed by atoms with van der Waals surface area (Å²) < 4.78 is 0. The molecule has 0 fully saturated rings. The van der Waals surface area contributed by atoms with Crippen LogP contribution in [0.1, 0.15) is 12.8 Å². The van der Waals surface area contributed by atoms with Crippen LogP contribution in [0.15, 0.2) is 17.6 Å². The Morgan fingerprint density at radius 2 is 2.55 bits per heavy atom. The van der Waals surface area contributed by atoms with Crippen molar-refractivity contribution in [3.63, 3.8) is 0 Å². The zero-order valence-corrected chi connectivity index (χ0v) is 6.21. The maximum Gasteiger partial charge on any atom is 0.251 e. The van der Waals surface area contributed by atoms with Crippen LogP contribution in [0.25, 0.3) is 0 Å². The van der Waals surface area contributed by atoms with Crippen LogP contribution in [-0.2, 0) is 4.79 Å². The average Bonchev–Trinajstić information content (AvgIpc) is 2.26. The predicted molar refractivity (Wildman–Crippen MR) is 43.0 cm³/mol. The predicted octanol–water partition coefficient (Wildman–Crippen LogP) is -0.234. The summed E-state index contributed by atoms with van der Waals surface area (Å²) in [6.45, 7) is 3.55. The molecule has 4 heteroatoms. The van der Waals surface area contributed by atoms with Crippen LogP contribution in [0, 0.1) is 0 Å². The van der Waals surface area contributed by atoms with Crippen molar-refractivity contribution in [2.75, 3.05) is 0 Å². The summed E-state index contributed by atoms with van der Waals surface area (Å²) in [4.78, 5) is 14.8. The van der Waals surface area contributed by atoms with E-state index in [2.05, 4.69) is 16.9 Å². The van der Waals surface area contributed by atoms with Gasteiger partial charge in [0.25, 0.3) is 5.91 Å². The molecule has 60 valence electrons. The first-order valence-corrected chi connectivity index (χ1v) is 3.49. The highest BCUT2D eigenvalue weighted by molar-refractivity contribution is 6.04. The number of nitrogens with zero attached hydrogens (tertiary/aromatic N) is 1. The summed E-state index contributed by atoms with van der Waals surface area (Å²) in [5.74, 6) is 0.119. The van der Waals surface area contributed by atoms with Gasteiger partial charge in [0, 0.05) is 0 Å². The number of hydrogen-bond donors (Lipinski definition) is 2. The van der Waals surface area contributed by atoms with Crippen LogP contribution in [0.3, 0.4) is 0 Å². The molecule has 0 saturated carbocycles. The summed E-state index contributed by atoms with van der Waals surface area (Å²) >= 11 is 0. The Balaban J connectivity index is 2.45. The fraction of sp³-hybridized carbons (Fsp3) is 0.429. The van der Waals surface area contributed by atoms with Gasteiger partial charge in [0.05, 0.1) is 0 Å². The molecule has 11 heavy (non-hydrogen) atoms. The first kappa shape index (κ1) is 7.78. The minimum Gasteiger partial charge on any atom is -0.370 e. The van der Waals surface area contributed by atoms with E-state index in [-0.39, 0.29) is 17.9 Å². The number of carbonyl (C=O) groups is 1. The van der Waals surface area contributed by atoms with Gasteiger partial charge in [-0.25, -0.2) is 4.99 Å². The summed E-state index contributed by atoms with van der Waals surface area (Å²) in [5, 5.41) is 2.43. The highest BCUT2D eigenvalue weighted by Gasteiger charge is 2.23. The molecule has 0 saturated heterocycles. The Morgan fingerprint density at radius 3 is 3.00 bits per heavy atom. The molecule has 0 aromatic carbocycles. The van der Waals surface area contributed by atoms with Gasteiger partial charge in [-0.2, -0.15) is 0 Å². The summed E-state index contributed by atoms with van der Waals surface area (Å²) in [6, 6.07) is -0.298. The lowest BCUT2D eigenvalue weighted by Crippen LogP contribution is -2.32. The zero-order chi connectivity index (χ0) is 8.27. The minimum atomic E-state index is -0.298. The third kappa shape index (κ3) is 1.80. The molecule has 0 bridgehead atoms. The molecule has 0 spiro atoms. The highest BCUT2D eigenvalue weighted by atomic mass is 16.2. The standard InChI is InChI=1S/C7H11N3O/c1-2-3-4-5-6(11)10-7(8)9-5/h2,5H,1,3-4H2,(H3,8,9,10,11). The van der Waals surface area contributed by atoms with E-state index >= 15 is 0 Å². The smallest absolute Gasteiger partial charge is 0.251 e. The maximum absolute atomic E-state index is 11.0. The van der Waals surface area contributed by atoms with Crippen LogP contribution in [0.4, 0.5) is 0 Å². The molecule has 1 aliphatic rings. The van der Waals surface area contributed by atoms with Crippen molar-refractivity contribution in [3.05, 3.63) is 12.7 Å². The Labute approximate surface area is 65.2 Å². The van der Waals surface area contributed by atoms with Crippen LogP contribution in [-0.4, -0.2) is 17.9 Å². The van der Waals surface area contributed by atoms with E-state index in [9.17, 15) is 4.79 Å². The van der Waals surface area contributed by atoms with Crippen molar-refractivity contribution in [1.82, 2.24) is 5.32 Å². The molecular weight excluding hydrogens is 142 g/mol. The van der Waals surface area contributed by atoms with Gasteiger partial charge in [0.1, 0.15) is 6.04 Å². The number of allylic oxidation sites excluding steroid dienone is 1. The van der Waals surface area contributed by atoms with Crippen molar-refractivity contribution in [2.24, 2.45) is 10.7 Å². The normalized spacial score (nSPS) is 22.7. The Bertz CT molecular complexity index is 210. The number of amides is 1. The van der Waals surface area contributed by atoms with E-state index in [4.69, 9.17) is 5.73 Å². The van der Waals surface area contributed by atoms with Gasteiger partial charge < -0.3 is 5.73 Å². The van der Waals surface area contributed by atoms with Crippen molar-refractivity contribution in [1.29, 1.82) is 0 Å². The van der Waals surface area contributed by atoms with Gasteiger partial charge in [-0.15, -0.1) is 6.58 Å². The molecule has 4 nitrogen and oxygen atoms in total. The Morgan fingerprint density at radius 1 is 1.82 bits per heavy atom. The second-order valence-corrected chi connectivity index (χ2v) is 2.39. The van der Waals surface area contributed by atoms with Crippen molar-refractivity contribution >= 4 is 11.9 Å². The van der Waals surface area contributed by atoms with Gasteiger partial charge in [0.2, 0.25) is 0 Å². The monoisotopic (exact) mass is 153 g/mol. The number of aliphatic imine (C=N–C) groups is 1. The molecule has 0 aromatic rings. The van der Waals surface area contributed by atoms with Gasteiger partial charge >= 0.3 is 0 Å². The Hall–Kier alpha value is -1.32. The first-order chi connectivity index (χ1) is 5.24. The molecule has 1 rings (SSSR count). The van der Waals surface area contributed by atoms with Crippen LogP contribution >= 0.6 is 0 Å². The second-order valence-electron chi connectivity index (χ2n) is 2.39. The molecular formula is C7H11N3O. The first-order valence-electron chi connectivity index (χ1n) is 3.49. The van der Waals surface area contributed by atoms with Gasteiger partial charge in [-0.05, 0) is 12.8 Å². The SMILES string of the molecule is C=CCCC1N=C(N)NC1=O. The van der Waals surface area contributed by atoms with Gasteiger partial charge in [-0.1, -0.05) is 6.08 Å². The molecule has 1 atom stereocenters. The maximum atomic E-state index is 11.0. The van der Waals surface area contributed by atoms with E-state index in [1.54, 1.807) is 6.08 Å². The van der Waals surface area contributed by atoms with Crippen molar-refractivity contribution in [3.8, 4) is 0 Å². The molecule has 0 radical (unpaired) electrons. The number of hydrogen-bond acceptors (Lipinski definition) is 3. The molecule has 1 aliphatic heterocycles. The molecule has 1 unspecified atom stereocenters. The number of carbonyl (C=O) groups excluding carboxylic acids is 1. The topological polar surface area (TPSA) is 67.5 Å². The Kier molecular flexibility index (Phi) is 2.25. The van der Waals surface area contributed by atoms with E-state index in [0.717, 1.165) is 6.42 Å². The summed E-state index contributed by atoms with van der Waals surface area (Å²) in [6.07, 6.45) is 3.24. The lowest BCUT2D eigenvalue weighted by Gasteiger charge is -1.99. The van der Waals surface area contributed by atoms with E-state index in [1.807, 2.05) is 0 Å². The van der Waals surface area contributed by atoms with E-state index in [1.165, 1.54) is 0 Å². The van der Waals surface area contributed by atoms with Crippen molar-refractivity contribution in [2.45, 2.75) is 18.9 Å². The third-order valence-corrected chi connectivity index (χ3v) is 1.49. The molecule has 0 aromatic heterocycles.